The lowest BCUT2D eigenvalue weighted by atomic mass is 9.76. The summed E-state index contributed by atoms with van der Waals surface area (Å²) in [6.07, 6.45) is 1.76. The van der Waals surface area contributed by atoms with E-state index in [2.05, 4.69) is 26.2 Å². The van der Waals surface area contributed by atoms with Gasteiger partial charge in [0.05, 0.1) is 17.5 Å². The number of H-pyrrole nitrogens is 1. The van der Waals surface area contributed by atoms with Gasteiger partial charge in [0.25, 0.3) is 0 Å². The highest BCUT2D eigenvalue weighted by molar-refractivity contribution is 9.10. The van der Waals surface area contributed by atoms with E-state index < -0.39 is 41.2 Å². The van der Waals surface area contributed by atoms with Crippen LogP contribution < -0.4 is 10.2 Å². The van der Waals surface area contributed by atoms with Crippen LogP contribution in [-0.2, 0) is 20.8 Å². The van der Waals surface area contributed by atoms with Gasteiger partial charge in [-0.2, -0.15) is 0 Å². The first-order valence-corrected chi connectivity index (χ1v) is 13.3. The molecule has 2 fully saturated rings. The van der Waals surface area contributed by atoms with Crippen LogP contribution in [0.25, 0.3) is 10.9 Å². The van der Waals surface area contributed by atoms with Crippen LogP contribution in [0.2, 0.25) is 0 Å². The first-order chi connectivity index (χ1) is 18.7. The van der Waals surface area contributed by atoms with Crippen molar-refractivity contribution in [3.05, 3.63) is 100 Å². The van der Waals surface area contributed by atoms with Gasteiger partial charge in [0.1, 0.15) is 5.54 Å². The minimum absolute atomic E-state index is 0.00330. The molecule has 4 aromatic rings. The molecule has 9 heteroatoms. The normalized spacial score (nSPS) is 24.4. The van der Waals surface area contributed by atoms with Gasteiger partial charge in [-0.1, -0.05) is 46.3 Å². The Kier molecular flexibility index (Phi) is 6.00. The Bertz CT molecular complexity index is 1650. The number of Topliss-reactive ketones (excluding diaryl/α,β-unsaturated/α-hetero) is 1. The van der Waals surface area contributed by atoms with E-state index in [0.717, 1.165) is 25.8 Å². The molecule has 8 nitrogen and oxygen atoms in total. The van der Waals surface area contributed by atoms with Gasteiger partial charge < -0.3 is 10.1 Å². The van der Waals surface area contributed by atoms with Crippen molar-refractivity contribution in [2.45, 2.75) is 24.9 Å². The predicted molar refractivity (Wildman–Crippen MR) is 148 cm³/mol. The van der Waals surface area contributed by atoms with Crippen LogP contribution in [0.15, 0.2) is 83.5 Å². The third-order valence-electron chi connectivity index (χ3n) is 7.94. The third-order valence-corrected chi connectivity index (χ3v) is 8.47. The van der Waals surface area contributed by atoms with E-state index in [-0.39, 0.29) is 12.2 Å². The maximum atomic E-state index is 14.1. The van der Waals surface area contributed by atoms with Crippen LogP contribution in [0.5, 0.6) is 0 Å². The lowest BCUT2D eigenvalue weighted by Gasteiger charge is -2.31. The molecule has 2 aliphatic rings. The van der Waals surface area contributed by atoms with Crippen molar-refractivity contribution >= 4 is 56.1 Å². The van der Waals surface area contributed by atoms with Crippen LogP contribution >= 0.6 is 15.9 Å². The number of benzene rings is 3. The second-order valence-corrected chi connectivity index (χ2v) is 11.0. The number of ketones is 1. The number of fused-ring (bicyclic) bond motifs is 2. The third kappa shape index (κ3) is 3.92. The van der Waals surface area contributed by atoms with Crippen molar-refractivity contribution < 1.29 is 24.3 Å². The van der Waals surface area contributed by atoms with E-state index in [1.54, 1.807) is 30.5 Å². The smallest absolute Gasteiger partial charge is 0.325 e. The molecule has 2 saturated heterocycles. The number of nitrogens with one attached hydrogen (secondary N) is 2. The number of aromatic nitrogens is 1. The Morgan fingerprint density at radius 2 is 1.67 bits per heavy atom. The van der Waals surface area contributed by atoms with E-state index in [1.165, 1.54) is 6.92 Å². The topological polar surface area (TPSA) is 120 Å². The van der Waals surface area contributed by atoms with Crippen LogP contribution in [0, 0.1) is 11.8 Å². The molecule has 0 aliphatic carbocycles. The number of hydrogen-bond acceptors (Lipinski definition) is 5. The number of aromatic amines is 1. The average Bonchev–Trinajstić information content (AvgIpc) is 3.57. The average molecular weight is 586 g/mol. The number of carbonyl (C=O) groups is 4. The number of para-hydroxylation sites is 1. The Hall–Kier alpha value is -4.08. The molecule has 3 heterocycles. The van der Waals surface area contributed by atoms with E-state index in [4.69, 9.17) is 0 Å². The van der Waals surface area contributed by atoms with Crippen molar-refractivity contribution in [2.75, 3.05) is 4.90 Å². The quantitative estimate of drug-likeness (QED) is 0.224. The first-order valence-electron chi connectivity index (χ1n) is 12.5. The van der Waals surface area contributed by atoms with Gasteiger partial charge in [-0.25, -0.2) is 4.90 Å². The summed E-state index contributed by atoms with van der Waals surface area (Å²) in [5, 5.41) is 14.9. The fraction of sp³-hybridized carbons (Fsp3) is 0.200. The summed E-state index contributed by atoms with van der Waals surface area (Å²) in [5.41, 5.74) is 1.32. The number of anilines is 1. The van der Waals surface area contributed by atoms with Crippen molar-refractivity contribution in [3.8, 4) is 0 Å². The summed E-state index contributed by atoms with van der Waals surface area (Å²) < 4.78 is 0.838. The largest absolute Gasteiger partial charge is 0.480 e. The molecule has 3 aromatic carbocycles. The summed E-state index contributed by atoms with van der Waals surface area (Å²) in [4.78, 5) is 57.3. The highest BCUT2D eigenvalue weighted by Gasteiger charge is 2.68. The molecule has 196 valence electrons. The summed E-state index contributed by atoms with van der Waals surface area (Å²) in [7, 11) is 0. The molecule has 2 amide bonds. The zero-order valence-corrected chi connectivity index (χ0v) is 22.4. The molecule has 4 atom stereocenters. The molecule has 0 bridgehead atoms. The molecule has 0 spiro atoms. The molecule has 6 rings (SSSR count). The fourth-order valence-electron chi connectivity index (χ4n) is 6.07. The number of halogens is 1. The van der Waals surface area contributed by atoms with Crippen LogP contribution in [0.1, 0.15) is 34.5 Å². The zero-order valence-electron chi connectivity index (χ0n) is 20.9. The van der Waals surface area contributed by atoms with Crippen LogP contribution in [-0.4, -0.2) is 39.2 Å². The Morgan fingerprint density at radius 1 is 0.974 bits per heavy atom. The molecule has 3 N–H and O–H groups in total. The van der Waals surface area contributed by atoms with Crippen LogP contribution in [0.4, 0.5) is 5.69 Å². The summed E-state index contributed by atoms with van der Waals surface area (Å²) >= 11 is 3.43. The second kappa shape index (κ2) is 9.29. The number of carboxylic acid groups (broad SMARTS) is 1. The summed E-state index contributed by atoms with van der Waals surface area (Å²) in [6, 6.07) is 20.4. The monoisotopic (exact) mass is 585 g/mol. The number of carboxylic acids is 1. The predicted octanol–water partition coefficient (Wildman–Crippen LogP) is 4.65. The van der Waals surface area contributed by atoms with Crippen molar-refractivity contribution in [2.24, 2.45) is 11.8 Å². The number of rotatable bonds is 6. The molecule has 1 aromatic heterocycles. The van der Waals surface area contributed by atoms with Crippen molar-refractivity contribution in [1.29, 1.82) is 0 Å². The van der Waals surface area contributed by atoms with E-state index in [1.807, 2.05) is 48.5 Å². The molecule has 4 unspecified atom stereocenters. The number of imide groups is 1. The van der Waals surface area contributed by atoms with E-state index in [0.29, 0.717) is 16.8 Å². The van der Waals surface area contributed by atoms with Crippen molar-refractivity contribution in [3.63, 3.8) is 0 Å². The number of carbonyl (C=O) groups excluding carboxylic acids is 3. The zero-order chi connectivity index (χ0) is 27.5. The second-order valence-electron chi connectivity index (χ2n) is 10.1. The van der Waals surface area contributed by atoms with Gasteiger partial charge >= 0.3 is 5.97 Å². The van der Waals surface area contributed by atoms with Gasteiger partial charge in [0.2, 0.25) is 11.8 Å². The number of hydrogen-bond donors (Lipinski definition) is 3. The Balaban J connectivity index is 1.49. The minimum Gasteiger partial charge on any atom is -0.480 e. The summed E-state index contributed by atoms with van der Waals surface area (Å²) in [6.45, 7) is 1.44. The highest BCUT2D eigenvalue weighted by Crippen LogP contribution is 2.51. The van der Waals surface area contributed by atoms with Gasteiger partial charge in [-0.3, -0.25) is 24.5 Å². The van der Waals surface area contributed by atoms with Crippen LogP contribution in [0.3, 0.4) is 0 Å². The van der Waals surface area contributed by atoms with E-state index >= 15 is 0 Å². The number of amides is 2. The SMILES string of the molecule is CC(=O)c1ccc(N2C(=O)C3C(c4ccc(Br)cc4)NC(Cc4c[nH]c5ccccc45)(C(=O)O)C3C2=O)cc1. The number of aliphatic carboxylic acids is 1. The van der Waals surface area contributed by atoms with Gasteiger partial charge in [-0.05, 0) is 60.5 Å². The molecular weight excluding hydrogens is 562 g/mol. The van der Waals surface area contributed by atoms with Gasteiger partial charge in [0.15, 0.2) is 5.78 Å². The van der Waals surface area contributed by atoms with Gasteiger partial charge in [0, 0.05) is 39.6 Å². The van der Waals surface area contributed by atoms with E-state index in [9.17, 15) is 24.3 Å². The number of nitrogens with zero attached hydrogens (tertiary/aromatic N) is 1. The minimum atomic E-state index is -1.74. The highest BCUT2D eigenvalue weighted by atomic mass is 79.9. The molecule has 39 heavy (non-hydrogen) atoms. The molecule has 0 saturated carbocycles. The fourth-order valence-corrected chi connectivity index (χ4v) is 6.34. The lowest BCUT2D eigenvalue weighted by Crippen LogP contribution is -2.57. The molecular formula is C30H24BrN3O5. The first kappa shape index (κ1) is 25.2. The van der Waals surface area contributed by atoms with Crippen molar-refractivity contribution in [1.82, 2.24) is 10.3 Å². The maximum Gasteiger partial charge on any atom is 0.325 e. The molecule has 2 aliphatic heterocycles. The van der Waals surface area contributed by atoms with Gasteiger partial charge in [-0.15, -0.1) is 0 Å². The summed E-state index contributed by atoms with van der Waals surface area (Å²) in [5.74, 6) is -4.47. The lowest BCUT2D eigenvalue weighted by molar-refractivity contribution is -0.148. The Labute approximate surface area is 232 Å². The maximum absolute atomic E-state index is 14.1. The standard InChI is InChI=1S/C30H24BrN3O5/c1-16(35)17-8-12-21(13-9-17)34-27(36)24-25(28(34)37)30(29(38)39,33-26(24)18-6-10-20(31)11-7-18)14-19-15-32-23-5-3-2-4-22(19)23/h2-13,15,24-26,32-33H,14H2,1H3,(H,38,39). The Morgan fingerprint density at radius 3 is 2.33 bits per heavy atom. The molecule has 0 radical (unpaired) electrons.